The quantitative estimate of drug-likeness (QED) is 0.757. The lowest BCUT2D eigenvalue weighted by Crippen LogP contribution is -2.37. The minimum atomic E-state index is -0.313. The van der Waals surface area contributed by atoms with E-state index in [2.05, 4.69) is 13.8 Å². The Bertz CT molecular complexity index is 228. The van der Waals surface area contributed by atoms with Crippen LogP contribution in [0.2, 0.25) is 0 Å². The summed E-state index contributed by atoms with van der Waals surface area (Å²) in [5.41, 5.74) is 0.157. The SMILES string of the molecule is CC1(C)CCC(O)(CCC2CCCCC2)CC1. The first-order valence-corrected chi connectivity index (χ1v) is 7.72. The molecule has 0 aromatic heterocycles. The van der Waals surface area contributed by atoms with Crippen LogP contribution >= 0.6 is 0 Å². The van der Waals surface area contributed by atoms with E-state index in [0.29, 0.717) is 5.41 Å². The zero-order chi connectivity index (χ0) is 12.4. The van der Waals surface area contributed by atoms with Gasteiger partial charge in [0, 0.05) is 0 Å². The summed E-state index contributed by atoms with van der Waals surface area (Å²) in [7, 11) is 0. The summed E-state index contributed by atoms with van der Waals surface area (Å²) in [5.74, 6) is 0.919. The average Bonchev–Trinajstić information content (AvgIpc) is 2.33. The third-order valence-corrected chi connectivity index (χ3v) is 5.28. The van der Waals surface area contributed by atoms with Crippen molar-refractivity contribution >= 4 is 0 Å². The van der Waals surface area contributed by atoms with Gasteiger partial charge in [-0.1, -0.05) is 46.0 Å². The first-order valence-electron chi connectivity index (χ1n) is 7.72. The van der Waals surface area contributed by atoms with Gasteiger partial charge in [-0.25, -0.2) is 0 Å². The first-order chi connectivity index (χ1) is 7.99. The molecule has 0 aromatic rings. The molecular weight excluding hydrogens is 208 g/mol. The normalized spacial score (nSPS) is 29.1. The smallest absolute Gasteiger partial charge is 0.0648 e. The van der Waals surface area contributed by atoms with Crippen LogP contribution in [0.5, 0.6) is 0 Å². The second-order valence-electron chi connectivity index (χ2n) is 7.43. The first kappa shape index (κ1) is 13.4. The van der Waals surface area contributed by atoms with Gasteiger partial charge in [-0.2, -0.15) is 0 Å². The third-order valence-electron chi connectivity index (χ3n) is 5.28. The zero-order valence-electron chi connectivity index (χ0n) is 11.8. The molecule has 2 saturated carbocycles. The Morgan fingerprint density at radius 2 is 1.53 bits per heavy atom. The van der Waals surface area contributed by atoms with Crippen LogP contribution in [0.25, 0.3) is 0 Å². The highest BCUT2D eigenvalue weighted by Gasteiger charge is 2.36. The van der Waals surface area contributed by atoms with Crippen molar-refractivity contribution in [3.05, 3.63) is 0 Å². The molecule has 2 fully saturated rings. The predicted octanol–water partition coefficient (Wildman–Crippen LogP) is 4.68. The molecule has 2 aliphatic carbocycles. The molecule has 1 heteroatoms. The summed E-state index contributed by atoms with van der Waals surface area (Å²) in [6, 6.07) is 0. The maximum atomic E-state index is 10.6. The molecule has 0 aromatic carbocycles. The van der Waals surface area contributed by atoms with E-state index in [-0.39, 0.29) is 5.60 Å². The summed E-state index contributed by atoms with van der Waals surface area (Å²) in [5, 5.41) is 10.6. The van der Waals surface area contributed by atoms with E-state index in [0.717, 1.165) is 25.2 Å². The molecule has 100 valence electrons. The minimum Gasteiger partial charge on any atom is -0.390 e. The lowest BCUT2D eigenvalue weighted by atomic mass is 9.69. The molecule has 0 radical (unpaired) electrons. The Kier molecular flexibility index (Phi) is 4.18. The fourth-order valence-electron chi connectivity index (χ4n) is 3.59. The van der Waals surface area contributed by atoms with Crippen molar-refractivity contribution in [2.75, 3.05) is 0 Å². The molecule has 0 aliphatic heterocycles. The number of rotatable bonds is 3. The van der Waals surface area contributed by atoms with Gasteiger partial charge in [0.15, 0.2) is 0 Å². The summed E-state index contributed by atoms with van der Waals surface area (Å²) < 4.78 is 0. The Morgan fingerprint density at radius 1 is 0.941 bits per heavy atom. The van der Waals surface area contributed by atoms with Gasteiger partial charge in [-0.3, -0.25) is 0 Å². The minimum absolute atomic E-state index is 0.313. The molecule has 1 nitrogen and oxygen atoms in total. The molecule has 2 rings (SSSR count). The van der Waals surface area contributed by atoms with Gasteiger partial charge in [-0.05, 0) is 49.9 Å². The molecule has 0 atom stereocenters. The van der Waals surface area contributed by atoms with E-state index < -0.39 is 0 Å². The van der Waals surface area contributed by atoms with Gasteiger partial charge >= 0.3 is 0 Å². The van der Waals surface area contributed by atoms with E-state index >= 15 is 0 Å². The fourth-order valence-corrected chi connectivity index (χ4v) is 3.59. The van der Waals surface area contributed by atoms with Gasteiger partial charge in [0.2, 0.25) is 0 Å². The van der Waals surface area contributed by atoms with Crippen LogP contribution in [0.1, 0.15) is 84.5 Å². The molecule has 0 heterocycles. The maximum Gasteiger partial charge on any atom is 0.0648 e. The van der Waals surface area contributed by atoms with Crippen LogP contribution in [0.3, 0.4) is 0 Å². The van der Waals surface area contributed by atoms with Crippen molar-refractivity contribution in [3.8, 4) is 0 Å². The molecular formula is C16H30O. The standard InChI is InChI=1S/C16H30O/c1-15(2)10-12-16(17,13-11-15)9-8-14-6-4-3-5-7-14/h14,17H,3-13H2,1-2H3. The lowest BCUT2D eigenvalue weighted by Gasteiger charge is -2.41. The molecule has 17 heavy (non-hydrogen) atoms. The molecule has 2 aliphatic rings. The van der Waals surface area contributed by atoms with E-state index in [9.17, 15) is 5.11 Å². The van der Waals surface area contributed by atoms with E-state index in [4.69, 9.17) is 0 Å². The van der Waals surface area contributed by atoms with Crippen molar-refractivity contribution in [2.24, 2.45) is 11.3 Å². The summed E-state index contributed by atoms with van der Waals surface area (Å²) in [6.07, 6.45) is 13.9. The number of hydrogen-bond donors (Lipinski definition) is 1. The van der Waals surface area contributed by atoms with Crippen LogP contribution in [0.4, 0.5) is 0 Å². The number of aliphatic hydroxyl groups is 1. The molecule has 0 amide bonds. The Labute approximate surface area is 107 Å². The summed E-state index contributed by atoms with van der Waals surface area (Å²) >= 11 is 0. The molecule has 0 bridgehead atoms. The monoisotopic (exact) mass is 238 g/mol. The van der Waals surface area contributed by atoms with Crippen molar-refractivity contribution in [1.82, 2.24) is 0 Å². The van der Waals surface area contributed by atoms with E-state index in [1.54, 1.807) is 0 Å². The highest BCUT2D eigenvalue weighted by Crippen LogP contribution is 2.43. The molecule has 0 saturated heterocycles. The highest BCUT2D eigenvalue weighted by molar-refractivity contribution is 4.89. The van der Waals surface area contributed by atoms with Crippen molar-refractivity contribution in [2.45, 2.75) is 90.1 Å². The molecule has 0 spiro atoms. The summed E-state index contributed by atoms with van der Waals surface area (Å²) in [4.78, 5) is 0. The Morgan fingerprint density at radius 3 is 2.12 bits per heavy atom. The van der Waals surface area contributed by atoms with Gasteiger partial charge in [0.1, 0.15) is 0 Å². The van der Waals surface area contributed by atoms with Gasteiger partial charge in [0.25, 0.3) is 0 Å². The lowest BCUT2D eigenvalue weighted by molar-refractivity contribution is -0.0370. The highest BCUT2D eigenvalue weighted by atomic mass is 16.3. The topological polar surface area (TPSA) is 20.2 Å². The number of hydrogen-bond acceptors (Lipinski definition) is 1. The van der Waals surface area contributed by atoms with Crippen molar-refractivity contribution in [1.29, 1.82) is 0 Å². The van der Waals surface area contributed by atoms with Crippen molar-refractivity contribution in [3.63, 3.8) is 0 Å². The molecule has 0 unspecified atom stereocenters. The van der Waals surface area contributed by atoms with Crippen molar-refractivity contribution < 1.29 is 5.11 Å². The van der Waals surface area contributed by atoms with E-state index in [1.165, 1.54) is 51.4 Å². The van der Waals surface area contributed by atoms with Crippen LogP contribution < -0.4 is 0 Å². The Hall–Kier alpha value is -0.0400. The van der Waals surface area contributed by atoms with Gasteiger partial charge < -0.3 is 5.11 Å². The zero-order valence-corrected chi connectivity index (χ0v) is 11.8. The maximum absolute atomic E-state index is 10.6. The molecule has 1 N–H and O–H groups in total. The third kappa shape index (κ3) is 3.98. The second kappa shape index (κ2) is 5.30. The van der Waals surface area contributed by atoms with E-state index in [1.807, 2.05) is 0 Å². The van der Waals surface area contributed by atoms with Crippen LogP contribution in [0.15, 0.2) is 0 Å². The van der Waals surface area contributed by atoms with Gasteiger partial charge in [0.05, 0.1) is 5.60 Å². The van der Waals surface area contributed by atoms with Crippen LogP contribution in [-0.2, 0) is 0 Å². The summed E-state index contributed by atoms with van der Waals surface area (Å²) in [6.45, 7) is 4.68. The Balaban J connectivity index is 1.74. The predicted molar refractivity (Wildman–Crippen MR) is 73.0 cm³/mol. The van der Waals surface area contributed by atoms with Gasteiger partial charge in [-0.15, -0.1) is 0 Å². The average molecular weight is 238 g/mol. The van der Waals surface area contributed by atoms with Crippen LogP contribution in [-0.4, -0.2) is 10.7 Å². The van der Waals surface area contributed by atoms with Crippen LogP contribution in [0, 0.1) is 11.3 Å². The fraction of sp³-hybridized carbons (Fsp3) is 1.00. The second-order valence-corrected chi connectivity index (χ2v) is 7.43. The largest absolute Gasteiger partial charge is 0.390 e.